The number of hydrogen-bond acceptors (Lipinski definition) is 10. The Labute approximate surface area is 305 Å². The van der Waals surface area contributed by atoms with E-state index in [0.29, 0.717) is 72.0 Å². The van der Waals surface area contributed by atoms with Crippen molar-refractivity contribution in [3.8, 4) is 0 Å². The summed E-state index contributed by atoms with van der Waals surface area (Å²) in [6, 6.07) is 6.55. The van der Waals surface area contributed by atoms with Gasteiger partial charge in [-0.25, -0.2) is 0 Å². The molecule has 2 fully saturated rings. The number of nitrogens with one attached hydrogen (secondary N) is 2. The molecule has 0 aliphatic carbocycles. The fourth-order valence-corrected chi connectivity index (χ4v) is 7.89. The molecule has 2 saturated heterocycles. The zero-order valence-electron chi connectivity index (χ0n) is 30.6. The minimum atomic E-state index is -0.389. The molecule has 280 valence electrons. The number of carbonyl (C=O) groups excluding carboxylic acids is 6. The van der Waals surface area contributed by atoms with Crippen molar-refractivity contribution in [3.63, 3.8) is 0 Å². The van der Waals surface area contributed by atoms with E-state index < -0.39 is 0 Å². The molecule has 2 aromatic rings. The third-order valence-corrected chi connectivity index (χ3v) is 10.8. The van der Waals surface area contributed by atoms with Crippen molar-refractivity contribution in [2.24, 2.45) is 0 Å². The van der Waals surface area contributed by atoms with Gasteiger partial charge in [-0.2, -0.15) is 0 Å². The van der Waals surface area contributed by atoms with Crippen LogP contribution < -0.4 is 10.6 Å². The van der Waals surface area contributed by atoms with E-state index in [-0.39, 0.29) is 35.4 Å². The van der Waals surface area contributed by atoms with Gasteiger partial charge in [-0.3, -0.25) is 38.6 Å². The molecule has 0 bridgehead atoms. The van der Waals surface area contributed by atoms with E-state index >= 15 is 0 Å². The van der Waals surface area contributed by atoms with Gasteiger partial charge in [-0.1, -0.05) is 0 Å². The number of nitrogens with zero attached hydrogens (tertiary/aromatic N) is 6. The maximum Gasteiger partial charge on any atom is 0.261 e. The highest BCUT2D eigenvalue weighted by Gasteiger charge is 2.39. The summed E-state index contributed by atoms with van der Waals surface area (Å²) in [5.41, 5.74) is 1.41. The van der Waals surface area contributed by atoms with Crippen LogP contribution in [0.2, 0.25) is 0 Å². The van der Waals surface area contributed by atoms with Gasteiger partial charge in [0.25, 0.3) is 23.6 Å². The summed E-state index contributed by atoms with van der Waals surface area (Å²) >= 11 is 0. The molecule has 4 aliphatic rings. The van der Waals surface area contributed by atoms with Gasteiger partial charge in [0.1, 0.15) is 0 Å². The summed E-state index contributed by atoms with van der Waals surface area (Å²) in [5.74, 6) is -1.57. The van der Waals surface area contributed by atoms with Gasteiger partial charge < -0.3 is 30.2 Å². The topological polar surface area (TPSA) is 146 Å². The predicted molar refractivity (Wildman–Crippen MR) is 196 cm³/mol. The van der Waals surface area contributed by atoms with Crippen molar-refractivity contribution in [2.45, 2.75) is 39.5 Å². The predicted octanol–water partition coefficient (Wildman–Crippen LogP) is 1.10. The van der Waals surface area contributed by atoms with Crippen LogP contribution in [0.15, 0.2) is 24.3 Å². The maximum atomic E-state index is 13.7. The van der Waals surface area contributed by atoms with Crippen molar-refractivity contribution in [1.29, 1.82) is 0 Å². The van der Waals surface area contributed by atoms with Crippen LogP contribution in [-0.4, -0.2) is 170 Å². The number of rotatable bonds is 16. The van der Waals surface area contributed by atoms with E-state index in [1.54, 1.807) is 24.3 Å². The van der Waals surface area contributed by atoms with Crippen molar-refractivity contribution >= 4 is 46.2 Å². The van der Waals surface area contributed by atoms with E-state index in [1.165, 1.54) is 23.6 Å². The molecule has 2 aromatic carbocycles. The number of hydrogen-bond donors (Lipinski definition) is 2. The van der Waals surface area contributed by atoms with Crippen molar-refractivity contribution in [1.82, 2.24) is 40.0 Å². The second kappa shape index (κ2) is 17.1. The zero-order chi connectivity index (χ0) is 36.8. The van der Waals surface area contributed by atoms with Crippen LogP contribution in [-0.2, 0) is 9.59 Å². The number of piperazine rings is 2. The molecule has 6 rings (SSSR count). The van der Waals surface area contributed by atoms with Gasteiger partial charge in [0.2, 0.25) is 11.8 Å². The molecule has 14 heteroatoms. The highest BCUT2D eigenvalue weighted by atomic mass is 16.2. The third kappa shape index (κ3) is 8.52. The first-order valence-electron chi connectivity index (χ1n) is 18.8. The Bertz CT molecular complexity index is 1500. The quantitative estimate of drug-likeness (QED) is 0.191. The van der Waals surface area contributed by atoms with E-state index in [9.17, 15) is 28.8 Å². The van der Waals surface area contributed by atoms with Crippen LogP contribution >= 0.6 is 0 Å². The molecular weight excluding hydrogens is 664 g/mol. The Hall–Kier alpha value is -4.24. The monoisotopic (exact) mass is 716 g/mol. The average molecular weight is 717 g/mol. The van der Waals surface area contributed by atoms with Crippen LogP contribution in [0.5, 0.6) is 0 Å². The minimum Gasteiger partial charge on any atom is -0.356 e. The van der Waals surface area contributed by atoms with E-state index in [1.807, 2.05) is 0 Å². The van der Waals surface area contributed by atoms with Crippen molar-refractivity contribution in [3.05, 3.63) is 46.5 Å². The summed E-state index contributed by atoms with van der Waals surface area (Å²) in [6.07, 6.45) is 3.13. The third-order valence-electron chi connectivity index (χ3n) is 10.8. The standard InChI is InChI=1S/C38H52N8O6/c1-27(47)39-11-3-13-41-19-23-43(24-20-41)15-5-17-45-35(49)29-7-9-31-34-32(10-8-30(33(29)34)36(45)50)38(52)46(37(31)51)18-6-16-44-25-21-42(22-26-44)14-4-12-40-28(2)48/h7-10H,3-6,11-26H2,1-2H3,(H,39,47)(H,40,48). The van der Waals surface area contributed by atoms with Gasteiger partial charge >= 0.3 is 0 Å². The van der Waals surface area contributed by atoms with E-state index in [0.717, 1.165) is 91.4 Å². The summed E-state index contributed by atoms with van der Waals surface area (Å²) in [4.78, 5) is 89.1. The molecule has 0 atom stereocenters. The molecule has 0 unspecified atom stereocenters. The molecule has 14 nitrogen and oxygen atoms in total. The number of benzene rings is 2. The van der Waals surface area contributed by atoms with Crippen molar-refractivity contribution in [2.75, 3.05) is 105 Å². The SMILES string of the molecule is CC(=O)NCCCN1CCN(CCCN2C(=O)c3ccc4c5c(ccc(c35)C2=O)C(=O)N(CCCN2CCN(CCCNC(C)=O)CC2)C4=O)CC1. The Balaban J connectivity index is 1.00. The second-order valence-electron chi connectivity index (χ2n) is 14.3. The Morgan fingerprint density at radius 1 is 0.462 bits per heavy atom. The largest absolute Gasteiger partial charge is 0.356 e. The lowest BCUT2D eigenvalue weighted by molar-refractivity contribution is -0.119. The molecule has 6 amide bonds. The number of amides is 6. The van der Waals surface area contributed by atoms with E-state index in [2.05, 4.69) is 30.2 Å². The lowest BCUT2D eigenvalue weighted by atomic mass is 9.86. The Morgan fingerprint density at radius 3 is 1.00 bits per heavy atom. The number of imide groups is 2. The van der Waals surface area contributed by atoms with Crippen LogP contribution in [0, 0.1) is 0 Å². The van der Waals surface area contributed by atoms with Gasteiger partial charge in [-0.15, -0.1) is 0 Å². The molecule has 4 heterocycles. The molecule has 0 radical (unpaired) electrons. The van der Waals surface area contributed by atoms with Gasteiger partial charge in [-0.05, 0) is 76.1 Å². The maximum absolute atomic E-state index is 13.7. The smallest absolute Gasteiger partial charge is 0.261 e. The highest BCUT2D eigenvalue weighted by Crippen LogP contribution is 2.38. The summed E-state index contributed by atoms with van der Waals surface area (Å²) in [7, 11) is 0. The fourth-order valence-electron chi connectivity index (χ4n) is 7.89. The molecule has 2 N–H and O–H groups in total. The van der Waals surface area contributed by atoms with Gasteiger partial charge in [0.05, 0.1) is 0 Å². The first kappa shape index (κ1) is 37.5. The van der Waals surface area contributed by atoms with Crippen LogP contribution in [0.1, 0.15) is 81.0 Å². The molecule has 4 aliphatic heterocycles. The van der Waals surface area contributed by atoms with E-state index in [4.69, 9.17) is 0 Å². The van der Waals surface area contributed by atoms with Crippen molar-refractivity contribution < 1.29 is 28.8 Å². The first-order chi connectivity index (χ1) is 25.1. The molecule has 0 spiro atoms. The average Bonchev–Trinajstić information content (AvgIpc) is 3.13. The minimum absolute atomic E-state index is 0.00613. The lowest BCUT2D eigenvalue weighted by Gasteiger charge is -2.36. The van der Waals surface area contributed by atoms with Gasteiger partial charge in [0, 0.05) is 125 Å². The zero-order valence-corrected chi connectivity index (χ0v) is 30.6. The van der Waals surface area contributed by atoms with Gasteiger partial charge in [0.15, 0.2) is 0 Å². The summed E-state index contributed by atoms with van der Waals surface area (Å²) in [5, 5.41) is 6.49. The summed E-state index contributed by atoms with van der Waals surface area (Å²) < 4.78 is 0. The number of carbonyl (C=O) groups is 6. The van der Waals surface area contributed by atoms with Crippen LogP contribution in [0.3, 0.4) is 0 Å². The van der Waals surface area contributed by atoms with Crippen LogP contribution in [0.25, 0.3) is 10.8 Å². The lowest BCUT2D eigenvalue weighted by Crippen LogP contribution is -2.48. The normalized spacial score (nSPS) is 18.8. The molecule has 0 saturated carbocycles. The van der Waals surface area contributed by atoms with Crippen LogP contribution in [0.4, 0.5) is 0 Å². The Kier molecular flexibility index (Phi) is 12.3. The first-order valence-corrected chi connectivity index (χ1v) is 18.8. The Morgan fingerprint density at radius 2 is 0.731 bits per heavy atom. The molecular formula is C38H52N8O6. The molecule has 52 heavy (non-hydrogen) atoms. The second-order valence-corrected chi connectivity index (χ2v) is 14.3. The fraction of sp³-hybridized carbons (Fsp3) is 0.579. The molecule has 0 aromatic heterocycles. The summed E-state index contributed by atoms with van der Waals surface area (Å²) in [6.45, 7) is 15.8. The highest BCUT2D eigenvalue weighted by molar-refractivity contribution is 6.33.